The molecule has 0 radical (unpaired) electrons. The molecule has 4 N–H and O–H groups in total. The number of ether oxygens (including phenoxy) is 2. The van der Waals surface area contributed by atoms with Gasteiger partial charge in [0.05, 0.1) is 13.2 Å². The zero-order valence-corrected chi connectivity index (χ0v) is 31.9. The molecule has 0 spiro atoms. The molecule has 0 rings (SSSR count). The normalized spacial score (nSPS) is 13.9. The van der Waals surface area contributed by atoms with Gasteiger partial charge in [0.2, 0.25) is 0 Å². The SMILES string of the molecule is CCCCCCCCCCCCCCCCCCCCCCCCCC(=O)OC(COC(=O)CCCC)COP(=O)(O)OCC(N)C(=O)O. The number of rotatable bonds is 37. The van der Waals surface area contributed by atoms with Crippen LogP contribution >= 0.6 is 7.82 Å². The number of carboxylic acids is 1. The molecule has 11 nitrogen and oxygen atoms in total. The highest BCUT2D eigenvalue weighted by atomic mass is 31.2. The molecular formula is C37H72NO10P. The second-order valence-corrected chi connectivity index (χ2v) is 14.9. The lowest BCUT2D eigenvalue weighted by molar-refractivity contribution is -0.161. The van der Waals surface area contributed by atoms with Gasteiger partial charge in [-0.3, -0.25) is 23.4 Å². The van der Waals surface area contributed by atoms with Crippen LogP contribution in [0.5, 0.6) is 0 Å². The van der Waals surface area contributed by atoms with E-state index in [0.29, 0.717) is 12.8 Å². The van der Waals surface area contributed by atoms with Gasteiger partial charge >= 0.3 is 25.7 Å². The first kappa shape index (κ1) is 47.5. The van der Waals surface area contributed by atoms with Gasteiger partial charge in [0.1, 0.15) is 12.6 Å². The Hall–Kier alpha value is -1.52. The molecule has 0 heterocycles. The highest BCUT2D eigenvalue weighted by molar-refractivity contribution is 7.47. The molecule has 0 saturated heterocycles. The van der Waals surface area contributed by atoms with Gasteiger partial charge < -0.3 is 25.2 Å². The average Bonchev–Trinajstić information content (AvgIpc) is 3.07. The van der Waals surface area contributed by atoms with E-state index in [4.69, 9.17) is 24.8 Å². The maximum absolute atomic E-state index is 12.4. The third-order valence-electron chi connectivity index (χ3n) is 8.61. The number of aliphatic carboxylic acids is 1. The minimum absolute atomic E-state index is 0.167. The molecule has 0 aromatic rings. The molecule has 0 aromatic carbocycles. The number of phosphoric acid groups is 1. The second-order valence-electron chi connectivity index (χ2n) is 13.4. The smallest absolute Gasteiger partial charge is 0.472 e. The Balaban J connectivity index is 3.92. The van der Waals surface area contributed by atoms with Gasteiger partial charge in [-0.15, -0.1) is 0 Å². The molecule has 3 atom stereocenters. The van der Waals surface area contributed by atoms with Crippen LogP contribution in [0.4, 0.5) is 0 Å². The van der Waals surface area contributed by atoms with Gasteiger partial charge in [0, 0.05) is 12.8 Å². The van der Waals surface area contributed by atoms with Crippen LogP contribution in [0.15, 0.2) is 0 Å². The summed E-state index contributed by atoms with van der Waals surface area (Å²) in [5.74, 6) is -2.41. The number of nitrogens with two attached hydrogens (primary N) is 1. The van der Waals surface area contributed by atoms with E-state index in [0.717, 1.165) is 25.7 Å². The Bertz CT molecular complexity index is 859. The molecule has 0 aliphatic rings. The lowest BCUT2D eigenvalue weighted by atomic mass is 10.0. The van der Waals surface area contributed by atoms with E-state index < -0.39 is 51.1 Å². The number of hydrogen-bond acceptors (Lipinski definition) is 9. The summed E-state index contributed by atoms with van der Waals surface area (Å²) in [5, 5.41) is 8.80. The van der Waals surface area contributed by atoms with Crippen molar-refractivity contribution in [3.8, 4) is 0 Å². The van der Waals surface area contributed by atoms with Crippen LogP contribution in [0.2, 0.25) is 0 Å². The molecule has 0 amide bonds. The molecule has 290 valence electrons. The van der Waals surface area contributed by atoms with Crippen LogP contribution < -0.4 is 5.73 Å². The Kier molecular flexibility index (Phi) is 32.6. The first-order valence-electron chi connectivity index (χ1n) is 19.6. The van der Waals surface area contributed by atoms with E-state index in [1.54, 1.807) is 0 Å². The van der Waals surface area contributed by atoms with Gasteiger partial charge in [-0.05, 0) is 12.8 Å². The van der Waals surface area contributed by atoms with Crippen LogP contribution in [-0.2, 0) is 37.5 Å². The lowest BCUT2D eigenvalue weighted by Crippen LogP contribution is -2.34. The maximum Gasteiger partial charge on any atom is 0.472 e. The van der Waals surface area contributed by atoms with Crippen molar-refractivity contribution in [2.24, 2.45) is 5.73 Å². The fourth-order valence-electron chi connectivity index (χ4n) is 5.46. The summed E-state index contributed by atoms with van der Waals surface area (Å²) >= 11 is 0. The number of esters is 2. The van der Waals surface area contributed by atoms with Crippen molar-refractivity contribution >= 4 is 25.7 Å². The zero-order valence-electron chi connectivity index (χ0n) is 31.1. The number of unbranched alkanes of at least 4 members (excludes halogenated alkanes) is 23. The van der Waals surface area contributed by atoms with Crippen molar-refractivity contribution in [3.05, 3.63) is 0 Å². The fraction of sp³-hybridized carbons (Fsp3) is 0.919. The maximum atomic E-state index is 12.4. The monoisotopic (exact) mass is 721 g/mol. The summed E-state index contributed by atoms with van der Waals surface area (Å²) in [5.41, 5.74) is 5.28. The predicted octanol–water partition coefficient (Wildman–Crippen LogP) is 9.56. The molecule has 49 heavy (non-hydrogen) atoms. The van der Waals surface area contributed by atoms with E-state index in [9.17, 15) is 23.8 Å². The number of carbonyl (C=O) groups excluding carboxylic acids is 2. The van der Waals surface area contributed by atoms with Crippen LogP contribution in [0, 0.1) is 0 Å². The highest BCUT2D eigenvalue weighted by Gasteiger charge is 2.28. The fourth-order valence-corrected chi connectivity index (χ4v) is 6.23. The Morgan fingerprint density at radius 1 is 0.551 bits per heavy atom. The van der Waals surface area contributed by atoms with Gasteiger partial charge in [0.25, 0.3) is 0 Å². The van der Waals surface area contributed by atoms with Crippen LogP contribution in [0.1, 0.15) is 187 Å². The van der Waals surface area contributed by atoms with Crippen molar-refractivity contribution in [1.82, 2.24) is 0 Å². The summed E-state index contributed by atoms with van der Waals surface area (Å²) in [6.45, 7) is 2.53. The van der Waals surface area contributed by atoms with Crippen molar-refractivity contribution in [1.29, 1.82) is 0 Å². The Morgan fingerprint density at radius 2 is 0.918 bits per heavy atom. The largest absolute Gasteiger partial charge is 0.480 e. The first-order valence-corrected chi connectivity index (χ1v) is 21.1. The van der Waals surface area contributed by atoms with E-state index in [1.807, 2.05) is 6.92 Å². The molecule has 12 heteroatoms. The van der Waals surface area contributed by atoms with E-state index >= 15 is 0 Å². The molecule has 0 aromatic heterocycles. The van der Waals surface area contributed by atoms with Crippen molar-refractivity contribution in [3.63, 3.8) is 0 Å². The van der Waals surface area contributed by atoms with Gasteiger partial charge in [-0.25, -0.2) is 4.57 Å². The van der Waals surface area contributed by atoms with Gasteiger partial charge in [0.15, 0.2) is 6.10 Å². The topological polar surface area (TPSA) is 172 Å². The summed E-state index contributed by atoms with van der Waals surface area (Å²) in [6, 6.07) is -1.51. The molecular weight excluding hydrogens is 649 g/mol. The van der Waals surface area contributed by atoms with Crippen molar-refractivity contribution < 1.29 is 47.5 Å². The molecule has 0 aliphatic carbocycles. The molecule has 0 saturated carbocycles. The van der Waals surface area contributed by atoms with Crippen molar-refractivity contribution in [2.75, 3.05) is 19.8 Å². The van der Waals surface area contributed by atoms with Gasteiger partial charge in [-0.2, -0.15) is 0 Å². The van der Waals surface area contributed by atoms with Crippen LogP contribution in [0.3, 0.4) is 0 Å². The number of phosphoric ester groups is 1. The minimum atomic E-state index is -4.68. The zero-order chi connectivity index (χ0) is 36.4. The molecule has 0 fully saturated rings. The highest BCUT2D eigenvalue weighted by Crippen LogP contribution is 2.43. The summed E-state index contributed by atoms with van der Waals surface area (Å²) in [7, 11) is -4.68. The average molecular weight is 722 g/mol. The Labute approximate surface area is 297 Å². The summed E-state index contributed by atoms with van der Waals surface area (Å²) < 4.78 is 32.1. The molecule has 3 unspecified atom stereocenters. The quantitative estimate of drug-likeness (QED) is 0.0317. The predicted molar refractivity (Wildman–Crippen MR) is 194 cm³/mol. The van der Waals surface area contributed by atoms with Crippen LogP contribution in [-0.4, -0.2) is 59.9 Å². The van der Waals surface area contributed by atoms with E-state index in [1.165, 1.54) is 122 Å². The number of carboxylic acid groups (broad SMARTS) is 1. The Morgan fingerprint density at radius 3 is 1.33 bits per heavy atom. The molecule has 0 bridgehead atoms. The van der Waals surface area contributed by atoms with E-state index in [-0.39, 0.29) is 19.4 Å². The third kappa shape index (κ3) is 33.4. The molecule has 0 aliphatic heterocycles. The second kappa shape index (κ2) is 33.6. The first-order chi connectivity index (χ1) is 23.6. The lowest BCUT2D eigenvalue weighted by Gasteiger charge is -2.20. The summed E-state index contributed by atoms with van der Waals surface area (Å²) in [4.78, 5) is 45.0. The van der Waals surface area contributed by atoms with Crippen molar-refractivity contribution in [2.45, 2.75) is 199 Å². The summed E-state index contributed by atoms with van der Waals surface area (Å²) in [6.07, 6.45) is 30.4. The minimum Gasteiger partial charge on any atom is -0.480 e. The van der Waals surface area contributed by atoms with E-state index in [2.05, 4.69) is 11.4 Å². The van der Waals surface area contributed by atoms with Crippen LogP contribution in [0.25, 0.3) is 0 Å². The number of carbonyl (C=O) groups is 3. The van der Waals surface area contributed by atoms with Gasteiger partial charge in [-0.1, -0.05) is 162 Å². The third-order valence-corrected chi connectivity index (χ3v) is 9.56. The standard InChI is InChI=1S/C37H72NO10P/c1-3-5-7-8-9-10-11-12-13-14-15-16-17-18-19-20-21-22-23-24-25-26-27-29-36(40)48-33(30-45-35(39)28-6-4-2)31-46-49(43,44)47-32-34(38)37(41)42/h33-34H,3-32,38H2,1-2H3,(H,41,42)(H,43,44). The number of hydrogen-bond donors (Lipinski definition) is 3.